The van der Waals surface area contributed by atoms with E-state index < -0.39 is 17.9 Å². The quantitative estimate of drug-likeness (QED) is 0.466. The zero-order chi connectivity index (χ0) is 3.58. The predicted molar refractivity (Wildman–Crippen MR) is 41.4 cm³/mol. The van der Waals surface area contributed by atoms with Gasteiger partial charge in [0.05, 0.1) is 0 Å². The van der Waals surface area contributed by atoms with Gasteiger partial charge in [-0.05, 0) is 0 Å². The van der Waals surface area contributed by atoms with Crippen LogP contribution in [0.1, 0.15) is 0 Å². The molecule has 64 valence electrons. The van der Waals surface area contributed by atoms with E-state index in [1.165, 1.54) is 0 Å². The molecule has 9 heteroatoms. The standard InChI is InChI=1S/3ClH.In.5H2O/h3*1H;;5*1H2/q;;;+3;;;;;/p-3. The summed E-state index contributed by atoms with van der Waals surface area (Å²) in [7, 11) is 15.0. The van der Waals surface area contributed by atoms with Crippen LogP contribution in [0.15, 0.2) is 0 Å². The third-order valence-electron chi connectivity index (χ3n) is 0. The fourth-order valence-corrected chi connectivity index (χ4v) is 0. The van der Waals surface area contributed by atoms with Gasteiger partial charge in [-0.3, -0.25) is 0 Å². The van der Waals surface area contributed by atoms with Crippen LogP contribution < -0.4 is 0 Å². The van der Waals surface area contributed by atoms with Crippen LogP contribution in [0.2, 0.25) is 0 Å². The van der Waals surface area contributed by atoms with Gasteiger partial charge in [0.25, 0.3) is 0 Å². The molecule has 0 aliphatic rings. The van der Waals surface area contributed by atoms with E-state index in [2.05, 4.69) is 0 Å². The summed E-state index contributed by atoms with van der Waals surface area (Å²) in [5.41, 5.74) is 0. The van der Waals surface area contributed by atoms with E-state index in [4.69, 9.17) is 25.7 Å². The van der Waals surface area contributed by atoms with Gasteiger partial charge < -0.3 is 27.4 Å². The maximum absolute atomic E-state index is 5.02. The number of hydrogen-bond acceptors (Lipinski definition) is 0. The summed E-state index contributed by atoms with van der Waals surface area (Å²) in [5.74, 6) is 0. The molecule has 9 heavy (non-hydrogen) atoms. The minimum atomic E-state index is -2.22. The average molecular weight is 311 g/mol. The molecular weight excluding hydrogens is 301 g/mol. The molecule has 0 aromatic rings. The molecule has 0 saturated carbocycles. The van der Waals surface area contributed by atoms with Gasteiger partial charge in [-0.2, -0.15) is 0 Å². The van der Waals surface area contributed by atoms with E-state index in [1.807, 2.05) is 0 Å². The van der Waals surface area contributed by atoms with Crippen LogP contribution in [0.25, 0.3) is 0 Å². The molecule has 0 amide bonds. The molecule has 0 heterocycles. The molecule has 0 bridgehead atoms. The molecule has 0 saturated heterocycles. The maximum atomic E-state index is 5.02. The molecular formula is H10Cl3InO5. The summed E-state index contributed by atoms with van der Waals surface area (Å²) in [5, 5.41) is 0. The van der Waals surface area contributed by atoms with E-state index in [0.29, 0.717) is 0 Å². The van der Waals surface area contributed by atoms with E-state index in [9.17, 15) is 0 Å². The van der Waals surface area contributed by atoms with Crippen LogP contribution in [0.4, 0.5) is 0 Å². The van der Waals surface area contributed by atoms with Crippen LogP contribution in [-0.4, -0.2) is 45.3 Å². The molecule has 0 aromatic carbocycles. The van der Waals surface area contributed by atoms with Crippen molar-refractivity contribution in [2.45, 2.75) is 0 Å². The van der Waals surface area contributed by atoms with Crippen LogP contribution in [-0.2, 0) is 0 Å². The minimum absolute atomic E-state index is 0. The summed E-state index contributed by atoms with van der Waals surface area (Å²) in [4.78, 5) is 0. The number of halogens is 3. The summed E-state index contributed by atoms with van der Waals surface area (Å²) < 4.78 is 0. The van der Waals surface area contributed by atoms with Gasteiger partial charge in [0.15, 0.2) is 0 Å². The Hall–Kier alpha value is 1.54. The molecule has 0 aromatic heterocycles. The molecule has 10 N–H and O–H groups in total. The first-order valence-electron chi connectivity index (χ1n) is 0.655. The molecule has 5 nitrogen and oxygen atoms in total. The van der Waals surface area contributed by atoms with Gasteiger partial charge >= 0.3 is 43.6 Å². The summed E-state index contributed by atoms with van der Waals surface area (Å²) >= 11 is -2.22. The zero-order valence-electron chi connectivity index (χ0n) is 4.21. The number of rotatable bonds is 0. The molecule has 0 aliphatic heterocycles. The first-order valence-corrected chi connectivity index (χ1v) is 13.2. The second kappa shape index (κ2) is 33.8. The van der Waals surface area contributed by atoms with E-state index in [-0.39, 0.29) is 27.4 Å². The fraction of sp³-hybridized carbons (Fsp3) is 0. The topological polar surface area (TPSA) is 158 Å². The van der Waals surface area contributed by atoms with Crippen molar-refractivity contribution < 1.29 is 27.4 Å². The SMILES string of the molecule is O.O.O.O.O.[Cl][In]([Cl])[Cl]. The predicted octanol–water partition coefficient (Wildman–Crippen LogP) is -2.44. The zero-order valence-corrected chi connectivity index (χ0v) is 9.77. The normalized spacial score (nSPS) is 3.00. The van der Waals surface area contributed by atoms with Crippen LogP contribution in [0.5, 0.6) is 0 Å². The van der Waals surface area contributed by atoms with E-state index in [0.717, 1.165) is 0 Å². The Balaban J connectivity index is -0.00000000450. The van der Waals surface area contributed by atoms with Crippen molar-refractivity contribution >= 4 is 43.6 Å². The molecule has 0 atom stereocenters. The Labute approximate surface area is 70.7 Å². The molecule has 0 radical (unpaired) electrons. The van der Waals surface area contributed by atoms with Gasteiger partial charge in [0.1, 0.15) is 0 Å². The Morgan fingerprint density at radius 1 is 0.556 bits per heavy atom. The van der Waals surface area contributed by atoms with Crippen molar-refractivity contribution in [1.82, 2.24) is 0 Å². The summed E-state index contributed by atoms with van der Waals surface area (Å²) in [6.07, 6.45) is 0. The second-order valence-electron chi connectivity index (χ2n) is 0.247. The van der Waals surface area contributed by atoms with Crippen LogP contribution >= 0.6 is 25.7 Å². The van der Waals surface area contributed by atoms with E-state index in [1.54, 1.807) is 0 Å². The van der Waals surface area contributed by atoms with Crippen molar-refractivity contribution in [2.24, 2.45) is 0 Å². The van der Waals surface area contributed by atoms with Crippen molar-refractivity contribution in [1.29, 1.82) is 0 Å². The Morgan fingerprint density at radius 2 is 0.556 bits per heavy atom. The Kier molecular flexibility index (Phi) is 175. The first kappa shape index (κ1) is 46.5. The summed E-state index contributed by atoms with van der Waals surface area (Å²) in [6, 6.07) is 0. The first-order chi connectivity index (χ1) is 1.73. The fourth-order valence-electron chi connectivity index (χ4n) is 0. The van der Waals surface area contributed by atoms with Gasteiger partial charge in [-0.15, -0.1) is 0 Å². The van der Waals surface area contributed by atoms with Crippen molar-refractivity contribution in [3.63, 3.8) is 0 Å². The van der Waals surface area contributed by atoms with Gasteiger partial charge in [-0.25, -0.2) is 0 Å². The van der Waals surface area contributed by atoms with Crippen LogP contribution in [0, 0.1) is 0 Å². The molecule has 0 rings (SSSR count). The van der Waals surface area contributed by atoms with Gasteiger partial charge in [0.2, 0.25) is 0 Å². The van der Waals surface area contributed by atoms with Crippen molar-refractivity contribution in [3.05, 3.63) is 0 Å². The van der Waals surface area contributed by atoms with Gasteiger partial charge in [-0.1, -0.05) is 0 Å². The third kappa shape index (κ3) is 229. The number of hydrogen-bond donors (Lipinski definition) is 0. The van der Waals surface area contributed by atoms with Crippen molar-refractivity contribution in [2.75, 3.05) is 0 Å². The third-order valence-corrected chi connectivity index (χ3v) is 0. The second-order valence-corrected chi connectivity index (χ2v) is 14.9. The van der Waals surface area contributed by atoms with Gasteiger partial charge in [0, 0.05) is 0 Å². The molecule has 0 aliphatic carbocycles. The Bertz CT molecular complexity index is 16.9. The van der Waals surface area contributed by atoms with Crippen molar-refractivity contribution in [3.8, 4) is 0 Å². The molecule has 0 unspecified atom stereocenters. The molecule has 0 fully saturated rings. The monoisotopic (exact) mass is 310 g/mol. The average Bonchev–Trinajstić information content (AvgIpc) is 0.811. The Morgan fingerprint density at radius 3 is 0.556 bits per heavy atom. The molecule has 0 spiro atoms. The van der Waals surface area contributed by atoms with E-state index >= 15 is 0 Å². The summed E-state index contributed by atoms with van der Waals surface area (Å²) in [6.45, 7) is 0. The van der Waals surface area contributed by atoms with Crippen LogP contribution in [0.3, 0.4) is 0 Å².